The van der Waals surface area contributed by atoms with E-state index in [1.165, 1.54) is 0 Å². The van der Waals surface area contributed by atoms with E-state index in [1.807, 2.05) is 6.92 Å². The van der Waals surface area contributed by atoms with E-state index >= 15 is 0 Å². The lowest BCUT2D eigenvalue weighted by molar-refractivity contribution is -0.189. The Morgan fingerprint density at radius 1 is 1.47 bits per heavy atom. The molecule has 0 aliphatic heterocycles. The summed E-state index contributed by atoms with van der Waals surface area (Å²) in [4.78, 5) is 4.08. The van der Waals surface area contributed by atoms with Crippen LogP contribution in [0.4, 0.5) is 13.2 Å². The van der Waals surface area contributed by atoms with E-state index in [0.717, 1.165) is 0 Å². The second-order valence-electron chi connectivity index (χ2n) is 5.18. The molecule has 1 heterocycles. The molecule has 0 saturated heterocycles. The Bertz CT molecular complexity index is 416. The molecule has 3 unspecified atom stereocenters. The lowest BCUT2D eigenvalue weighted by Crippen LogP contribution is -2.31. The van der Waals surface area contributed by atoms with Gasteiger partial charge in [0.25, 0.3) is 0 Å². The molecule has 0 bridgehead atoms. The highest BCUT2D eigenvalue weighted by Gasteiger charge is 2.44. The molecule has 3 atom stereocenters. The van der Waals surface area contributed by atoms with Gasteiger partial charge in [0.15, 0.2) is 0 Å². The van der Waals surface area contributed by atoms with Crippen molar-refractivity contribution in [2.45, 2.75) is 51.4 Å². The Hall–Kier alpha value is -1.04. The predicted molar refractivity (Wildman–Crippen MR) is 64.4 cm³/mol. The molecular formula is C13H19F3N2O. The Morgan fingerprint density at radius 3 is 2.84 bits per heavy atom. The number of aliphatic hydroxyl groups is 1. The van der Waals surface area contributed by atoms with E-state index in [4.69, 9.17) is 0 Å². The van der Waals surface area contributed by atoms with Crippen LogP contribution in [0, 0.1) is 11.8 Å². The number of aryl methyl sites for hydroxylation is 1. The Morgan fingerprint density at radius 2 is 2.21 bits per heavy atom. The van der Waals surface area contributed by atoms with Gasteiger partial charge in [-0.15, -0.1) is 0 Å². The minimum atomic E-state index is -4.15. The molecule has 1 fully saturated rings. The SMILES string of the molecule is CCn1ccnc1C(O)C1CCCC(C(F)(F)F)C1. The summed E-state index contributed by atoms with van der Waals surface area (Å²) in [6.07, 6.45) is -0.424. The van der Waals surface area contributed by atoms with E-state index in [9.17, 15) is 18.3 Å². The van der Waals surface area contributed by atoms with Gasteiger partial charge >= 0.3 is 6.18 Å². The fourth-order valence-electron chi connectivity index (χ4n) is 2.88. The fourth-order valence-corrected chi connectivity index (χ4v) is 2.88. The molecule has 0 spiro atoms. The van der Waals surface area contributed by atoms with Crippen LogP contribution in [0.25, 0.3) is 0 Å². The van der Waals surface area contributed by atoms with Crippen molar-refractivity contribution in [1.82, 2.24) is 9.55 Å². The van der Waals surface area contributed by atoms with E-state index < -0.39 is 18.2 Å². The van der Waals surface area contributed by atoms with Crippen molar-refractivity contribution in [3.05, 3.63) is 18.2 Å². The number of alkyl halides is 3. The average Bonchev–Trinajstić information content (AvgIpc) is 2.85. The average molecular weight is 276 g/mol. The normalized spacial score (nSPS) is 26.4. The first kappa shape index (κ1) is 14.4. The third-order valence-electron chi connectivity index (χ3n) is 3.98. The summed E-state index contributed by atoms with van der Waals surface area (Å²) in [6, 6.07) is 0. The molecule has 0 amide bonds. The van der Waals surface area contributed by atoms with E-state index in [0.29, 0.717) is 25.2 Å². The van der Waals surface area contributed by atoms with Gasteiger partial charge in [0.2, 0.25) is 0 Å². The van der Waals surface area contributed by atoms with Gasteiger partial charge in [0.1, 0.15) is 11.9 Å². The Balaban J connectivity index is 2.09. The van der Waals surface area contributed by atoms with Crippen LogP contribution in [0.2, 0.25) is 0 Å². The minimum Gasteiger partial charge on any atom is -0.385 e. The van der Waals surface area contributed by atoms with Crippen LogP contribution >= 0.6 is 0 Å². The van der Waals surface area contributed by atoms with Crippen LogP contribution in [0.5, 0.6) is 0 Å². The molecule has 6 heteroatoms. The molecule has 19 heavy (non-hydrogen) atoms. The topological polar surface area (TPSA) is 38.0 Å². The molecular weight excluding hydrogens is 257 g/mol. The monoisotopic (exact) mass is 276 g/mol. The van der Waals surface area contributed by atoms with Gasteiger partial charge in [-0.05, 0) is 32.1 Å². The number of hydrogen-bond acceptors (Lipinski definition) is 2. The number of halogens is 3. The first-order chi connectivity index (χ1) is 8.93. The summed E-state index contributed by atoms with van der Waals surface area (Å²) >= 11 is 0. The lowest BCUT2D eigenvalue weighted by atomic mass is 9.78. The number of nitrogens with zero attached hydrogens (tertiary/aromatic N) is 2. The Kier molecular flexibility index (Phi) is 4.18. The van der Waals surface area contributed by atoms with Crippen LogP contribution in [0.1, 0.15) is 44.5 Å². The summed E-state index contributed by atoms with van der Waals surface area (Å²) in [5.41, 5.74) is 0. The summed E-state index contributed by atoms with van der Waals surface area (Å²) in [6.45, 7) is 2.57. The highest BCUT2D eigenvalue weighted by Crippen LogP contribution is 2.43. The summed E-state index contributed by atoms with van der Waals surface area (Å²) < 4.78 is 40.1. The number of rotatable bonds is 3. The smallest absolute Gasteiger partial charge is 0.385 e. The third-order valence-corrected chi connectivity index (χ3v) is 3.98. The zero-order chi connectivity index (χ0) is 14.0. The molecule has 1 N–H and O–H groups in total. The van der Waals surface area contributed by atoms with Crippen LogP contribution in [0.15, 0.2) is 12.4 Å². The van der Waals surface area contributed by atoms with Crippen molar-refractivity contribution in [2.75, 3.05) is 0 Å². The number of aromatic nitrogens is 2. The third kappa shape index (κ3) is 3.11. The standard InChI is InChI=1S/C13H19F3N2O/c1-2-18-7-6-17-12(18)11(19)9-4-3-5-10(8-9)13(14,15)16/h6-7,9-11,19H,2-5,8H2,1H3. The molecule has 1 aromatic rings. The Labute approximate surface area is 110 Å². The second kappa shape index (κ2) is 5.53. The van der Waals surface area contributed by atoms with Gasteiger partial charge in [0, 0.05) is 18.9 Å². The van der Waals surface area contributed by atoms with Crippen LogP contribution < -0.4 is 0 Å². The van der Waals surface area contributed by atoms with Crippen molar-refractivity contribution in [3.63, 3.8) is 0 Å². The summed E-state index contributed by atoms with van der Waals surface area (Å²) in [7, 11) is 0. The van der Waals surface area contributed by atoms with Gasteiger partial charge in [0.05, 0.1) is 5.92 Å². The van der Waals surface area contributed by atoms with Gasteiger partial charge in [-0.3, -0.25) is 0 Å². The van der Waals surface area contributed by atoms with Crippen LogP contribution in [-0.2, 0) is 6.54 Å². The van der Waals surface area contributed by atoms with Crippen molar-refractivity contribution >= 4 is 0 Å². The molecule has 3 nitrogen and oxygen atoms in total. The maximum absolute atomic E-state index is 12.8. The van der Waals surface area contributed by atoms with Crippen molar-refractivity contribution in [3.8, 4) is 0 Å². The zero-order valence-corrected chi connectivity index (χ0v) is 10.9. The van der Waals surface area contributed by atoms with Crippen LogP contribution in [-0.4, -0.2) is 20.8 Å². The maximum Gasteiger partial charge on any atom is 0.391 e. The molecule has 1 saturated carbocycles. The van der Waals surface area contributed by atoms with Crippen LogP contribution in [0.3, 0.4) is 0 Å². The van der Waals surface area contributed by atoms with E-state index in [1.54, 1.807) is 17.0 Å². The molecule has 2 rings (SSSR count). The summed E-state index contributed by atoms with van der Waals surface area (Å²) in [5.74, 6) is -1.16. The molecule has 1 aliphatic rings. The summed E-state index contributed by atoms with van der Waals surface area (Å²) in [5, 5.41) is 10.3. The maximum atomic E-state index is 12.8. The highest BCUT2D eigenvalue weighted by atomic mass is 19.4. The predicted octanol–water partition coefficient (Wildman–Crippen LogP) is 3.31. The van der Waals surface area contributed by atoms with E-state index in [-0.39, 0.29) is 18.8 Å². The van der Waals surface area contributed by atoms with Crippen molar-refractivity contribution < 1.29 is 18.3 Å². The molecule has 0 aromatic carbocycles. The molecule has 0 radical (unpaired) electrons. The minimum absolute atomic E-state index is 0.00123. The quantitative estimate of drug-likeness (QED) is 0.919. The first-order valence-electron chi connectivity index (χ1n) is 6.69. The van der Waals surface area contributed by atoms with Gasteiger partial charge < -0.3 is 9.67 Å². The highest BCUT2D eigenvalue weighted by molar-refractivity contribution is 4.99. The van der Waals surface area contributed by atoms with Gasteiger partial charge in [-0.1, -0.05) is 6.42 Å². The zero-order valence-electron chi connectivity index (χ0n) is 10.9. The largest absolute Gasteiger partial charge is 0.391 e. The van der Waals surface area contributed by atoms with Gasteiger partial charge in [-0.2, -0.15) is 13.2 Å². The van der Waals surface area contributed by atoms with Gasteiger partial charge in [-0.25, -0.2) is 4.98 Å². The molecule has 1 aromatic heterocycles. The molecule has 1 aliphatic carbocycles. The molecule has 108 valence electrons. The number of imidazole rings is 1. The van der Waals surface area contributed by atoms with Crippen molar-refractivity contribution in [2.24, 2.45) is 11.8 Å². The fraction of sp³-hybridized carbons (Fsp3) is 0.769. The first-order valence-corrected chi connectivity index (χ1v) is 6.69. The van der Waals surface area contributed by atoms with E-state index in [2.05, 4.69) is 4.98 Å². The number of hydrogen-bond donors (Lipinski definition) is 1. The lowest BCUT2D eigenvalue weighted by Gasteiger charge is -2.33. The number of aliphatic hydroxyl groups excluding tert-OH is 1. The second-order valence-corrected chi connectivity index (χ2v) is 5.18. The van der Waals surface area contributed by atoms with Crippen molar-refractivity contribution in [1.29, 1.82) is 0 Å².